The number of carboxylic acids is 3. The monoisotopic (exact) mass is 390 g/mol. The van der Waals surface area contributed by atoms with E-state index in [2.05, 4.69) is 24.7 Å². The van der Waals surface area contributed by atoms with Gasteiger partial charge in [-0.3, -0.25) is 0 Å². The Labute approximate surface area is 132 Å². The first-order chi connectivity index (χ1) is 8.93. The summed E-state index contributed by atoms with van der Waals surface area (Å²) in [6.45, 7) is 13.4. The first kappa shape index (κ1) is 26.9. The molecule has 0 aromatic heterocycles. The minimum atomic E-state index is -1.19. The maximum absolute atomic E-state index is 9.49. The van der Waals surface area contributed by atoms with Crippen LogP contribution < -0.4 is 15.3 Å². The second-order valence-electron chi connectivity index (χ2n) is 3.20. The third kappa shape index (κ3) is 36.0. The van der Waals surface area contributed by atoms with Crippen LogP contribution in [0.15, 0.2) is 36.5 Å². The molecule has 0 aromatic carbocycles. The van der Waals surface area contributed by atoms with Gasteiger partial charge in [0, 0.05) is 0 Å². The Morgan fingerprint density at radius 3 is 0.700 bits per heavy atom. The number of hydrogen-bond donors (Lipinski definition) is 0. The van der Waals surface area contributed by atoms with Gasteiger partial charge in [0.15, 0.2) is 0 Å². The van der Waals surface area contributed by atoms with Gasteiger partial charge in [-0.2, -0.15) is 0 Å². The summed E-state index contributed by atoms with van der Waals surface area (Å²) in [6, 6.07) is 0. The third-order valence-corrected chi connectivity index (χ3v) is 1.05. The summed E-state index contributed by atoms with van der Waals surface area (Å²) in [5.41, 5.74) is 0.194. The Morgan fingerprint density at radius 1 is 0.650 bits per heavy atom. The predicted octanol–water partition coefficient (Wildman–Crippen LogP) is -1.86. The van der Waals surface area contributed by atoms with Crippen LogP contribution in [0.2, 0.25) is 4.94 Å². The molecule has 0 aliphatic rings. The van der Waals surface area contributed by atoms with Gasteiger partial charge in [0.1, 0.15) is 0 Å². The van der Waals surface area contributed by atoms with Gasteiger partial charge in [0.2, 0.25) is 0 Å². The zero-order valence-corrected chi connectivity index (χ0v) is 14.9. The van der Waals surface area contributed by atoms with E-state index in [1.165, 1.54) is 20.8 Å². The summed E-state index contributed by atoms with van der Waals surface area (Å²) < 4.78 is 0. The van der Waals surface area contributed by atoms with Crippen molar-refractivity contribution in [2.24, 2.45) is 0 Å². The van der Waals surface area contributed by atoms with E-state index in [1.54, 1.807) is 22.5 Å². The van der Waals surface area contributed by atoms with Crippen LogP contribution in [-0.4, -0.2) is 40.4 Å². The van der Waals surface area contributed by atoms with E-state index in [4.69, 9.17) is 0 Å². The molecule has 0 amide bonds. The Kier molecular flexibility index (Phi) is 23.4. The van der Waals surface area contributed by atoms with Gasteiger partial charge in [-0.05, 0) is 37.5 Å². The molecule has 0 spiro atoms. The van der Waals surface area contributed by atoms with E-state index in [9.17, 15) is 29.7 Å². The minimum absolute atomic E-state index is 0.0648. The van der Waals surface area contributed by atoms with E-state index in [-0.39, 0.29) is 16.7 Å². The molecule has 0 fully saturated rings. The molecule has 0 unspecified atom stereocenters. The fourth-order valence-electron chi connectivity index (χ4n) is 0. The molecule has 0 heterocycles. The van der Waals surface area contributed by atoms with Crippen molar-refractivity contribution in [3.8, 4) is 0 Å². The van der Waals surface area contributed by atoms with Crippen molar-refractivity contribution >= 4 is 40.4 Å². The van der Waals surface area contributed by atoms with Gasteiger partial charge in [0.25, 0.3) is 0 Å². The topological polar surface area (TPSA) is 120 Å². The zero-order chi connectivity index (χ0) is 17.5. The van der Waals surface area contributed by atoms with E-state index in [1.807, 2.05) is 0 Å². The molecule has 0 radical (unpaired) electrons. The molecule has 0 saturated carbocycles. The van der Waals surface area contributed by atoms with Crippen LogP contribution >= 0.6 is 0 Å². The number of carboxylic acid groups (broad SMARTS) is 3. The Hall–Kier alpha value is -1.57. The number of hydrogen-bond acceptors (Lipinski definition) is 6. The zero-order valence-electron chi connectivity index (χ0n) is 12.1. The summed E-state index contributed by atoms with van der Waals surface area (Å²) in [5, 5.41) is 28.5. The van der Waals surface area contributed by atoms with Gasteiger partial charge >= 0.3 is 27.5 Å². The van der Waals surface area contributed by atoms with Crippen LogP contribution in [0.3, 0.4) is 0 Å². The van der Waals surface area contributed by atoms with E-state index in [0.717, 1.165) is 0 Å². The van der Waals surface area contributed by atoms with Crippen molar-refractivity contribution in [1.82, 2.24) is 0 Å². The molecule has 0 aliphatic carbocycles. The standard InChI is InChI=1S/3C4H6O2.CH3.Sn/c3*1-3(2)4(5)6;;/h3*1H2,2H3,(H,5,6);1H3;/q;;;;+3/p-3. The van der Waals surface area contributed by atoms with Crippen molar-refractivity contribution in [3.05, 3.63) is 36.5 Å². The summed E-state index contributed by atoms with van der Waals surface area (Å²) in [5.74, 6) is -3.56. The van der Waals surface area contributed by atoms with Crippen molar-refractivity contribution in [2.75, 3.05) is 0 Å². The van der Waals surface area contributed by atoms with Crippen LogP contribution in [0.25, 0.3) is 0 Å². The molecular formula is C13H18O6Sn. The van der Waals surface area contributed by atoms with Crippen LogP contribution in [0.1, 0.15) is 20.8 Å². The Balaban J connectivity index is -0.0000000902. The van der Waals surface area contributed by atoms with E-state index >= 15 is 0 Å². The van der Waals surface area contributed by atoms with Crippen LogP contribution in [0.4, 0.5) is 0 Å². The molecule has 0 saturated heterocycles. The fourth-order valence-corrected chi connectivity index (χ4v) is 0. The van der Waals surface area contributed by atoms with Crippen LogP contribution in [0, 0.1) is 0 Å². The first-order valence-electron chi connectivity index (χ1n) is 5.04. The number of carbonyl (C=O) groups excluding carboxylic acids is 3. The summed E-state index contributed by atoms with van der Waals surface area (Å²) in [7, 11) is 0. The van der Waals surface area contributed by atoms with Gasteiger partial charge < -0.3 is 29.7 Å². The Morgan fingerprint density at radius 2 is 0.700 bits per heavy atom. The maximum atomic E-state index is 9.49. The quantitative estimate of drug-likeness (QED) is 0.413. The van der Waals surface area contributed by atoms with Crippen molar-refractivity contribution in [2.45, 2.75) is 25.7 Å². The number of rotatable bonds is 3. The van der Waals surface area contributed by atoms with Gasteiger partial charge in [-0.1, -0.05) is 19.7 Å². The molecule has 110 valence electrons. The normalized spacial score (nSPS) is 7.10. The number of aliphatic carboxylic acids is 3. The second kappa shape index (κ2) is 17.4. The molecule has 0 rings (SSSR count). The molecule has 7 heteroatoms. The average molecular weight is 389 g/mol. The van der Waals surface area contributed by atoms with E-state index in [0.29, 0.717) is 0 Å². The molecule has 0 atom stereocenters. The summed E-state index contributed by atoms with van der Waals surface area (Å²) >= 11 is 1.55. The first-order valence-corrected chi connectivity index (χ1v) is 7.89. The molecule has 0 aliphatic heterocycles. The van der Waals surface area contributed by atoms with Gasteiger partial charge in [-0.25, -0.2) is 0 Å². The van der Waals surface area contributed by atoms with Crippen molar-refractivity contribution < 1.29 is 29.7 Å². The second-order valence-corrected chi connectivity index (χ2v) is 3.20. The van der Waals surface area contributed by atoms with Gasteiger partial charge in [-0.15, -0.1) is 0 Å². The molecule has 0 aromatic rings. The molecule has 0 N–H and O–H groups in total. The molecule has 0 bridgehead atoms. The predicted molar refractivity (Wildman–Crippen MR) is 71.1 cm³/mol. The third-order valence-electron chi connectivity index (χ3n) is 1.05. The summed E-state index contributed by atoms with van der Waals surface area (Å²) in [4.78, 5) is 30.6. The fraction of sp³-hybridized carbons (Fsp3) is 0.308. The van der Waals surface area contributed by atoms with Crippen LogP contribution in [-0.2, 0) is 14.4 Å². The average Bonchev–Trinajstić information content (AvgIpc) is 2.32. The summed E-state index contributed by atoms with van der Waals surface area (Å²) in [6.07, 6.45) is 0. The van der Waals surface area contributed by atoms with Crippen LogP contribution in [0.5, 0.6) is 0 Å². The number of carbonyl (C=O) groups is 3. The SMILES string of the molecule is C=C(C)C(=O)[O-].C=C(C)C(=O)[O-].C=C(C)C(=O)[O-].[CH3][Sn+3]. The van der Waals surface area contributed by atoms with Crippen molar-refractivity contribution in [1.29, 1.82) is 0 Å². The molecule has 6 nitrogen and oxygen atoms in total. The Bertz CT molecular complexity index is 278. The molecule has 20 heavy (non-hydrogen) atoms. The van der Waals surface area contributed by atoms with Crippen molar-refractivity contribution in [3.63, 3.8) is 0 Å². The van der Waals surface area contributed by atoms with E-state index < -0.39 is 17.9 Å². The molecular weight excluding hydrogens is 371 g/mol. The van der Waals surface area contributed by atoms with Gasteiger partial charge in [0.05, 0.1) is 17.9 Å².